The fourth-order valence-electron chi connectivity index (χ4n) is 5.09. The van der Waals surface area contributed by atoms with Crippen molar-refractivity contribution in [2.75, 3.05) is 5.32 Å². The molecule has 0 unspecified atom stereocenters. The third-order valence-electron chi connectivity index (χ3n) is 6.58. The molecule has 3 aromatic carbocycles. The number of halogens is 2. The number of nitro benzene ring substituents is 2. The van der Waals surface area contributed by atoms with E-state index in [1.54, 1.807) is 42.5 Å². The van der Waals surface area contributed by atoms with Gasteiger partial charge in [-0.25, -0.2) is 4.39 Å². The van der Waals surface area contributed by atoms with Gasteiger partial charge in [0.2, 0.25) is 0 Å². The maximum absolute atomic E-state index is 13.6. The summed E-state index contributed by atoms with van der Waals surface area (Å²) in [6, 6.07) is 17.3. The fourth-order valence-corrected chi connectivity index (χ4v) is 7.03. The first-order valence-corrected chi connectivity index (χ1v) is 12.0. The maximum atomic E-state index is 13.6. The molecule has 7 nitrogen and oxygen atoms in total. The Hall–Kier alpha value is -3.17. The Morgan fingerprint density at radius 3 is 2.44 bits per heavy atom. The summed E-state index contributed by atoms with van der Waals surface area (Å²) in [6.45, 7) is 0. The number of thioether (sulfide) groups is 1. The van der Waals surface area contributed by atoms with Gasteiger partial charge in [0, 0.05) is 35.1 Å². The van der Waals surface area contributed by atoms with E-state index < -0.39 is 15.2 Å². The van der Waals surface area contributed by atoms with Crippen molar-refractivity contribution in [3.05, 3.63) is 104 Å². The van der Waals surface area contributed by atoms with E-state index in [2.05, 4.69) is 5.32 Å². The number of para-hydroxylation sites is 1. The highest BCUT2D eigenvalue weighted by atomic mass is 35.5. The van der Waals surface area contributed by atoms with Gasteiger partial charge in [0.25, 0.3) is 11.4 Å². The van der Waals surface area contributed by atoms with Gasteiger partial charge in [0.05, 0.1) is 26.2 Å². The van der Waals surface area contributed by atoms with Crippen molar-refractivity contribution >= 4 is 40.4 Å². The Kier molecular flexibility index (Phi) is 5.91. The van der Waals surface area contributed by atoms with E-state index in [9.17, 15) is 24.6 Å². The van der Waals surface area contributed by atoms with Crippen LogP contribution in [0.5, 0.6) is 0 Å². The highest BCUT2D eigenvalue weighted by Gasteiger charge is 2.50. The summed E-state index contributed by atoms with van der Waals surface area (Å²) in [4.78, 5) is 22.6. The largest absolute Gasteiger partial charge is 0.378 e. The summed E-state index contributed by atoms with van der Waals surface area (Å²) in [7, 11) is 0. The topological polar surface area (TPSA) is 98.3 Å². The van der Waals surface area contributed by atoms with E-state index in [0.29, 0.717) is 11.3 Å². The highest BCUT2D eigenvalue weighted by molar-refractivity contribution is 8.00. The van der Waals surface area contributed by atoms with Gasteiger partial charge >= 0.3 is 0 Å². The number of fused-ring (bicyclic) bond motifs is 3. The quantitative estimate of drug-likeness (QED) is 0.239. The molecule has 1 aliphatic heterocycles. The van der Waals surface area contributed by atoms with E-state index in [-0.39, 0.29) is 40.3 Å². The third-order valence-corrected chi connectivity index (χ3v) is 8.69. The van der Waals surface area contributed by atoms with E-state index in [0.717, 1.165) is 16.8 Å². The molecule has 3 aromatic rings. The molecule has 34 heavy (non-hydrogen) atoms. The van der Waals surface area contributed by atoms with Gasteiger partial charge in [-0.15, -0.1) is 23.4 Å². The van der Waals surface area contributed by atoms with E-state index >= 15 is 0 Å². The Morgan fingerprint density at radius 2 is 1.74 bits per heavy atom. The molecular weight excluding hydrogens is 481 g/mol. The molecule has 0 saturated heterocycles. The first-order chi connectivity index (χ1) is 16.3. The smallest absolute Gasteiger partial charge is 0.282 e. The minimum Gasteiger partial charge on any atom is -0.378 e. The van der Waals surface area contributed by atoms with E-state index in [1.807, 2.05) is 0 Å². The van der Waals surface area contributed by atoms with Crippen LogP contribution >= 0.6 is 23.4 Å². The van der Waals surface area contributed by atoms with Crippen molar-refractivity contribution in [3.63, 3.8) is 0 Å². The molecule has 1 heterocycles. The number of alkyl halides is 1. The number of benzene rings is 3. The summed E-state index contributed by atoms with van der Waals surface area (Å²) in [5, 5.41) is 25.9. The number of hydrogen-bond donors (Lipinski definition) is 1. The Labute approximate surface area is 203 Å². The second kappa shape index (κ2) is 8.88. The molecule has 0 amide bonds. The van der Waals surface area contributed by atoms with Crippen molar-refractivity contribution in [1.29, 1.82) is 0 Å². The highest BCUT2D eigenvalue weighted by Crippen LogP contribution is 2.58. The van der Waals surface area contributed by atoms with Crippen LogP contribution in [0, 0.1) is 32.0 Å². The molecule has 0 bridgehead atoms. The average molecular weight is 500 g/mol. The Morgan fingerprint density at radius 1 is 1.00 bits per heavy atom. The lowest BCUT2D eigenvalue weighted by Crippen LogP contribution is -2.31. The molecule has 1 saturated carbocycles. The molecule has 0 spiro atoms. The van der Waals surface area contributed by atoms with Crippen molar-refractivity contribution < 1.29 is 14.2 Å². The SMILES string of the molecule is O=[N+]([O-])c1ccc2c(c1)[C@@H]1[C@H](Cl)[C@@H](Sc3ccccc3[N+](=O)[O-])C[C@@H]1[C@H](c1ccc(F)cc1)N2. The van der Waals surface area contributed by atoms with Crippen LogP contribution in [0.1, 0.15) is 29.5 Å². The number of nitrogens with zero attached hydrogens (tertiary/aromatic N) is 2. The first-order valence-electron chi connectivity index (χ1n) is 10.7. The summed E-state index contributed by atoms with van der Waals surface area (Å²) < 4.78 is 13.6. The number of hydrogen-bond acceptors (Lipinski definition) is 6. The van der Waals surface area contributed by atoms with Gasteiger partial charge in [-0.2, -0.15) is 0 Å². The predicted octanol–water partition coefficient (Wildman–Crippen LogP) is 6.68. The van der Waals surface area contributed by atoms with Crippen molar-refractivity contribution in [3.8, 4) is 0 Å². The van der Waals surface area contributed by atoms with Gasteiger partial charge in [-0.3, -0.25) is 20.2 Å². The minimum atomic E-state index is -0.431. The van der Waals surface area contributed by atoms with Crippen LogP contribution in [0.15, 0.2) is 71.6 Å². The zero-order valence-electron chi connectivity index (χ0n) is 17.6. The zero-order valence-corrected chi connectivity index (χ0v) is 19.2. The number of non-ortho nitro benzene ring substituents is 1. The number of nitro groups is 2. The molecule has 5 rings (SSSR count). The van der Waals surface area contributed by atoms with E-state index in [1.165, 1.54) is 36.0 Å². The molecule has 1 fully saturated rings. The van der Waals surface area contributed by atoms with Crippen molar-refractivity contribution in [1.82, 2.24) is 0 Å². The zero-order chi connectivity index (χ0) is 24.0. The Balaban J connectivity index is 1.55. The van der Waals surface area contributed by atoms with Crippen LogP contribution in [0.3, 0.4) is 0 Å². The second-order valence-electron chi connectivity index (χ2n) is 8.45. The fraction of sp³-hybridized carbons (Fsp3) is 0.250. The molecule has 10 heteroatoms. The van der Waals surface area contributed by atoms with Gasteiger partial charge in [-0.05, 0) is 47.7 Å². The van der Waals surface area contributed by atoms with Crippen molar-refractivity contribution in [2.24, 2.45) is 5.92 Å². The molecule has 0 aromatic heterocycles. The minimum absolute atomic E-state index is 0.0156. The van der Waals surface area contributed by atoms with Crippen LogP contribution in [0.4, 0.5) is 21.5 Å². The molecule has 174 valence electrons. The maximum Gasteiger partial charge on any atom is 0.282 e. The Bertz CT molecular complexity index is 1280. The van der Waals surface area contributed by atoms with Gasteiger partial charge in [-0.1, -0.05) is 24.3 Å². The molecule has 0 radical (unpaired) electrons. The van der Waals surface area contributed by atoms with Crippen LogP contribution in [0.2, 0.25) is 0 Å². The standard InChI is InChI=1S/C24H19ClFN3O4S/c25-23-21(34-20-4-2-1-3-19(20)29(32)33)12-17-22(23)16-11-15(28(30)31)9-10-18(16)27-24(17)13-5-7-14(26)8-6-13/h1-11,17,21-24,27H,12H2/t17-,21-,22-,23+,24-/m0/s1. The molecule has 5 atom stereocenters. The lowest BCUT2D eigenvalue weighted by atomic mass is 9.77. The van der Waals surface area contributed by atoms with Crippen molar-refractivity contribution in [2.45, 2.75) is 33.9 Å². The molecule has 1 aliphatic carbocycles. The van der Waals surface area contributed by atoms with Gasteiger partial charge < -0.3 is 5.32 Å². The normalized spacial score (nSPS) is 25.2. The molecule has 2 aliphatic rings. The number of nitrogens with one attached hydrogen (secondary N) is 1. The van der Waals surface area contributed by atoms with Gasteiger partial charge in [0.15, 0.2) is 0 Å². The predicted molar refractivity (Wildman–Crippen MR) is 129 cm³/mol. The molecule has 1 N–H and O–H groups in total. The lowest BCUT2D eigenvalue weighted by Gasteiger charge is -2.38. The lowest BCUT2D eigenvalue weighted by molar-refractivity contribution is -0.387. The number of rotatable bonds is 5. The number of anilines is 1. The summed E-state index contributed by atoms with van der Waals surface area (Å²) in [5.74, 6) is -0.588. The summed E-state index contributed by atoms with van der Waals surface area (Å²) >= 11 is 8.39. The summed E-state index contributed by atoms with van der Waals surface area (Å²) in [5.41, 5.74) is 2.42. The van der Waals surface area contributed by atoms with Crippen LogP contribution < -0.4 is 5.32 Å². The average Bonchev–Trinajstić information content (AvgIpc) is 3.15. The van der Waals surface area contributed by atoms with Crippen LogP contribution in [0.25, 0.3) is 0 Å². The van der Waals surface area contributed by atoms with Crippen LogP contribution in [-0.4, -0.2) is 20.5 Å². The molecular formula is C24H19ClFN3O4S. The first kappa shape index (κ1) is 22.6. The summed E-state index contributed by atoms with van der Waals surface area (Å²) in [6.07, 6.45) is 0.632. The van der Waals surface area contributed by atoms with Gasteiger partial charge in [0.1, 0.15) is 5.82 Å². The second-order valence-corrected chi connectivity index (χ2v) is 10.2. The monoisotopic (exact) mass is 499 g/mol. The van der Waals surface area contributed by atoms with E-state index in [4.69, 9.17) is 11.6 Å². The third kappa shape index (κ3) is 3.99. The van der Waals surface area contributed by atoms with Crippen LogP contribution in [-0.2, 0) is 0 Å².